The van der Waals surface area contributed by atoms with Crippen LogP contribution in [0.1, 0.15) is 30.1 Å². The molecule has 1 heterocycles. The van der Waals surface area contributed by atoms with E-state index in [1.165, 1.54) is 23.4 Å². The van der Waals surface area contributed by atoms with E-state index in [0.717, 1.165) is 18.9 Å². The number of hydrogen-bond acceptors (Lipinski definition) is 6. The summed E-state index contributed by atoms with van der Waals surface area (Å²) in [6.45, 7) is 1.35. The number of nitrogens with zero attached hydrogens (tertiary/aromatic N) is 1. The third-order valence-corrected chi connectivity index (χ3v) is 5.94. The minimum absolute atomic E-state index is 0.00292. The second-order valence-corrected chi connectivity index (χ2v) is 7.88. The van der Waals surface area contributed by atoms with E-state index in [1.807, 2.05) is 10.9 Å². The summed E-state index contributed by atoms with van der Waals surface area (Å²) in [5, 5.41) is -0.00292. The molecule has 0 spiro atoms. The molecule has 1 aliphatic heterocycles. The van der Waals surface area contributed by atoms with Gasteiger partial charge in [0.2, 0.25) is 15.9 Å². The molecule has 1 fully saturated rings. The molecule has 1 saturated heterocycles. The Labute approximate surface area is 155 Å². The Kier molecular flexibility index (Phi) is 6.57. The van der Waals surface area contributed by atoms with Crippen LogP contribution in [-0.2, 0) is 24.3 Å². The smallest absolute Gasteiger partial charge is 0.338 e. The van der Waals surface area contributed by atoms with Crippen LogP contribution in [0.4, 0.5) is 0 Å². The zero-order chi connectivity index (χ0) is 19.3. The fourth-order valence-corrected chi connectivity index (χ4v) is 4.32. The van der Waals surface area contributed by atoms with Crippen molar-refractivity contribution in [3.05, 3.63) is 28.8 Å². The Hall–Kier alpha value is -2.17. The number of rotatable bonds is 5. The lowest BCUT2D eigenvalue weighted by atomic mass is 10.2. The van der Waals surface area contributed by atoms with E-state index >= 15 is 0 Å². The number of halogens is 1. The van der Waals surface area contributed by atoms with E-state index < -0.39 is 34.4 Å². The molecule has 0 bridgehead atoms. The van der Waals surface area contributed by atoms with Crippen molar-refractivity contribution in [2.45, 2.75) is 24.7 Å². The monoisotopic (exact) mass is 403 g/mol. The van der Waals surface area contributed by atoms with Gasteiger partial charge in [-0.15, -0.1) is 0 Å². The molecule has 1 aromatic carbocycles. The highest BCUT2D eigenvalue weighted by Crippen LogP contribution is 2.28. The summed E-state index contributed by atoms with van der Waals surface area (Å²) in [4.78, 5) is 34.0. The molecular formula is C15H18ClN3O6S. The first-order valence-corrected chi connectivity index (χ1v) is 9.56. The zero-order valence-electron chi connectivity index (χ0n) is 14.0. The third kappa shape index (κ3) is 4.93. The van der Waals surface area contributed by atoms with Crippen molar-refractivity contribution < 1.29 is 27.5 Å². The molecule has 0 unspecified atom stereocenters. The van der Waals surface area contributed by atoms with Crippen LogP contribution in [0.25, 0.3) is 0 Å². The van der Waals surface area contributed by atoms with Crippen molar-refractivity contribution >= 4 is 39.4 Å². The number of carbonyl (C=O) groups is 3. The van der Waals surface area contributed by atoms with Crippen LogP contribution >= 0.6 is 11.6 Å². The first-order valence-electron chi connectivity index (χ1n) is 7.74. The van der Waals surface area contributed by atoms with Crippen molar-refractivity contribution in [1.82, 2.24) is 15.2 Å². The van der Waals surface area contributed by atoms with Gasteiger partial charge in [-0.3, -0.25) is 20.4 Å². The third-order valence-electron chi connectivity index (χ3n) is 3.56. The van der Waals surface area contributed by atoms with Crippen LogP contribution in [-0.4, -0.2) is 50.2 Å². The molecular weight excluding hydrogens is 386 g/mol. The van der Waals surface area contributed by atoms with Crippen LogP contribution < -0.4 is 10.9 Å². The van der Waals surface area contributed by atoms with E-state index in [2.05, 4.69) is 0 Å². The number of esters is 1. The number of amides is 2. The number of hydrogen-bond donors (Lipinski definition) is 2. The minimum Gasteiger partial charge on any atom is -0.452 e. The fraction of sp³-hybridized carbons (Fsp3) is 0.400. The van der Waals surface area contributed by atoms with Gasteiger partial charge in [-0.25, -0.2) is 13.2 Å². The maximum atomic E-state index is 12.6. The highest BCUT2D eigenvalue weighted by atomic mass is 35.5. The first-order chi connectivity index (χ1) is 12.2. The normalized spacial score (nSPS) is 14.7. The number of nitrogens with one attached hydrogen (secondary N) is 2. The Bertz CT molecular complexity index is 821. The molecule has 11 heteroatoms. The van der Waals surface area contributed by atoms with Crippen LogP contribution in [0.3, 0.4) is 0 Å². The Morgan fingerprint density at radius 3 is 2.46 bits per heavy atom. The van der Waals surface area contributed by atoms with E-state index in [0.29, 0.717) is 13.1 Å². The second-order valence-electron chi connectivity index (χ2n) is 5.56. The summed E-state index contributed by atoms with van der Waals surface area (Å²) in [7, 11) is -3.81. The molecule has 0 aromatic heterocycles. The Balaban J connectivity index is 2.09. The van der Waals surface area contributed by atoms with E-state index in [9.17, 15) is 22.8 Å². The predicted molar refractivity (Wildman–Crippen MR) is 91.7 cm³/mol. The maximum Gasteiger partial charge on any atom is 0.338 e. The zero-order valence-corrected chi connectivity index (χ0v) is 15.5. The van der Waals surface area contributed by atoms with Gasteiger partial charge in [0, 0.05) is 20.0 Å². The molecule has 2 N–H and O–H groups in total. The lowest BCUT2D eigenvalue weighted by molar-refractivity contribution is -0.129. The number of sulfonamides is 1. The van der Waals surface area contributed by atoms with Gasteiger partial charge in [-0.1, -0.05) is 11.6 Å². The summed E-state index contributed by atoms with van der Waals surface area (Å²) in [6, 6.07) is 3.72. The van der Waals surface area contributed by atoms with Crippen molar-refractivity contribution in [2.24, 2.45) is 0 Å². The van der Waals surface area contributed by atoms with Gasteiger partial charge >= 0.3 is 5.97 Å². The van der Waals surface area contributed by atoms with Gasteiger partial charge < -0.3 is 4.74 Å². The van der Waals surface area contributed by atoms with Gasteiger partial charge in [-0.2, -0.15) is 4.31 Å². The number of hydrazine groups is 1. The summed E-state index contributed by atoms with van der Waals surface area (Å²) in [6.07, 6.45) is 1.53. The predicted octanol–water partition coefficient (Wildman–Crippen LogP) is 0.449. The molecule has 0 saturated carbocycles. The Morgan fingerprint density at radius 2 is 1.85 bits per heavy atom. The molecule has 0 radical (unpaired) electrons. The van der Waals surface area contributed by atoms with Crippen LogP contribution in [0.2, 0.25) is 5.02 Å². The SMILES string of the molecule is CC(=O)NNC(=O)COC(=O)c1ccc(Cl)c(S(=O)(=O)N2CCCC2)c1. The van der Waals surface area contributed by atoms with Gasteiger partial charge in [-0.05, 0) is 31.0 Å². The summed E-state index contributed by atoms with van der Waals surface area (Å²) in [5.74, 6) is -2.12. The molecule has 9 nitrogen and oxygen atoms in total. The molecule has 142 valence electrons. The van der Waals surface area contributed by atoms with Crippen molar-refractivity contribution in [1.29, 1.82) is 0 Å². The van der Waals surface area contributed by atoms with E-state index in [4.69, 9.17) is 16.3 Å². The number of ether oxygens (including phenoxy) is 1. The van der Waals surface area contributed by atoms with Crippen LogP contribution in [0.5, 0.6) is 0 Å². The molecule has 2 amide bonds. The highest BCUT2D eigenvalue weighted by Gasteiger charge is 2.30. The summed E-state index contributed by atoms with van der Waals surface area (Å²) >= 11 is 6.00. The fourth-order valence-electron chi connectivity index (χ4n) is 2.30. The van der Waals surface area contributed by atoms with Gasteiger partial charge in [0.1, 0.15) is 4.90 Å². The molecule has 2 rings (SSSR count). The molecule has 26 heavy (non-hydrogen) atoms. The van der Waals surface area contributed by atoms with Crippen molar-refractivity contribution in [3.8, 4) is 0 Å². The lowest BCUT2D eigenvalue weighted by Crippen LogP contribution is -2.42. The average molecular weight is 404 g/mol. The number of benzene rings is 1. The number of carbonyl (C=O) groups excluding carboxylic acids is 3. The van der Waals surface area contributed by atoms with Crippen molar-refractivity contribution in [3.63, 3.8) is 0 Å². The topological polar surface area (TPSA) is 122 Å². The highest BCUT2D eigenvalue weighted by molar-refractivity contribution is 7.89. The Morgan fingerprint density at radius 1 is 1.19 bits per heavy atom. The van der Waals surface area contributed by atoms with Crippen LogP contribution in [0.15, 0.2) is 23.1 Å². The molecule has 0 aliphatic carbocycles. The molecule has 1 aliphatic rings. The van der Waals surface area contributed by atoms with Gasteiger partial charge in [0.25, 0.3) is 5.91 Å². The first kappa shape index (κ1) is 20.1. The average Bonchev–Trinajstić information content (AvgIpc) is 3.13. The van der Waals surface area contributed by atoms with E-state index in [1.54, 1.807) is 0 Å². The largest absolute Gasteiger partial charge is 0.452 e. The standard InChI is InChI=1S/C15H18ClN3O6S/c1-10(20)17-18-14(21)9-25-15(22)11-4-5-12(16)13(8-11)26(23,24)19-6-2-3-7-19/h4-5,8H,2-3,6-7,9H2,1H3,(H,17,20)(H,18,21). The quantitative estimate of drug-likeness (QED) is 0.543. The minimum atomic E-state index is -3.81. The second kappa shape index (κ2) is 8.47. The lowest BCUT2D eigenvalue weighted by Gasteiger charge is -2.17. The molecule has 1 aromatic rings. The molecule has 0 atom stereocenters. The van der Waals surface area contributed by atoms with Crippen LogP contribution in [0, 0.1) is 0 Å². The van der Waals surface area contributed by atoms with E-state index in [-0.39, 0.29) is 15.5 Å². The summed E-state index contributed by atoms with van der Waals surface area (Å²) < 4.78 is 31.4. The van der Waals surface area contributed by atoms with Gasteiger partial charge in [0.15, 0.2) is 6.61 Å². The van der Waals surface area contributed by atoms with Gasteiger partial charge in [0.05, 0.1) is 10.6 Å². The van der Waals surface area contributed by atoms with Crippen molar-refractivity contribution in [2.75, 3.05) is 19.7 Å². The summed E-state index contributed by atoms with van der Waals surface area (Å²) in [5.41, 5.74) is 4.02. The maximum absolute atomic E-state index is 12.6.